The second-order valence-electron chi connectivity index (χ2n) is 9.07. The van der Waals surface area contributed by atoms with Crippen LogP contribution in [0.1, 0.15) is 24.5 Å². The van der Waals surface area contributed by atoms with Gasteiger partial charge >= 0.3 is 6.36 Å². The molecule has 40 heavy (non-hydrogen) atoms. The Morgan fingerprint density at radius 2 is 1.82 bits per heavy atom. The monoisotopic (exact) mass is 584 g/mol. The molecule has 1 saturated heterocycles. The summed E-state index contributed by atoms with van der Waals surface area (Å²) in [6, 6.07) is 19.0. The van der Waals surface area contributed by atoms with Crippen LogP contribution in [0.5, 0.6) is 5.75 Å². The van der Waals surface area contributed by atoms with Crippen molar-refractivity contribution in [3.63, 3.8) is 0 Å². The van der Waals surface area contributed by atoms with Crippen LogP contribution >= 0.6 is 23.4 Å². The number of benzene rings is 3. The van der Waals surface area contributed by atoms with Crippen LogP contribution in [0.4, 0.5) is 18.9 Å². The fraction of sp³-hybridized carbons (Fsp3) is 0.214. The molecule has 3 aromatic carbocycles. The first-order valence-electron chi connectivity index (χ1n) is 12.3. The van der Waals surface area contributed by atoms with Crippen LogP contribution in [-0.4, -0.2) is 44.3 Å². The van der Waals surface area contributed by atoms with Gasteiger partial charge in [-0.15, -0.1) is 23.4 Å². The van der Waals surface area contributed by atoms with E-state index < -0.39 is 6.36 Å². The van der Waals surface area contributed by atoms with E-state index in [9.17, 15) is 13.2 Å². The van der Waals surface area contributed by atoms with Crippen LogP contribution < -0.4 is 9.64 Å². The second-order valence-corrected chi connectivity index (χ2v) is 10.5. The lowest BCUT2D eigenvalue weighted by Gasteiger charge is -2.36. The summed E-state index contributed by atoms with van der Waals surface area (Å²) in [7, 11) is 0. The van der Waals surface area contributed by atoms with Crippen molar-refractivity contribution in [3.8, 4) is 22.8 Å². The molecule has 1 aliphatic rings. The highest BCUT2D eigenvalue weighted by Crippen LogP contribution is 2.36. The number of para-hydroxylation sites is 1. The number of amidine groups is 1. The largest absolute Gasteiger partial charge is 0.573 e. The number of halogens is 4. The number of aryl methyl sites for hydroxylation is 1. The molecule has 1 aliphatic heterocycles. The van der Waals surface area contributed by atoms with E-state index in [1.54, 1.807) is 18.0 Å². The van der Waals surface area contributed by atoms with Crippen molar-refractivity contribution in [2.75, 3.05) is 10.7 Å². The lowest BCUT2D eigenvalue weighted by molar-refractivity contribution is -0.274. The lowest BCUT2D eigenvalue weighted by atomic mass is 10.1. The van der Waals surface area contributed by atoms with Crippen molar-refractivity contribution in [1.29, 1.82) is 0 Å². The summed E-state index contributed by atoms with van der Waals surface area (Å²) >= 11 is 8.21. The van der Waals surface area contributed by atoms with Crippen molar-refractivity contribution in [2.45, 2.75) is 32.7 Å². The van der Waals surface area contributed by atoms with Crippen molar-refractivity contribution < 1.29 is 17.9 Å². The molecule has 5 rings (SSSR count). The zero-order chi connectivity index (χ0) is 28.3. The molecule has 1 fully saturated rings. The summed E-state index contributed by atoms with van der Waals surface area (Å²) in [5, 5.41) is 14.8. The van der Waals surface area contributed by atoms with Gasteiger partial charge in [-0.2, -0.15) is 5.10 Å². The number of hydrogen-bond acceptors (Lipinski definition) is 6. The van der Waals surface area contributed by atoms with Gasteiger partial charge in [0.1, 0.15) is 12.1 Å². The molecular formula is C28H24ClF3N6OS. The molecule has 7 nitrogen and oxygen atoms in total. The quantitative estimate of drug-likeness (QED) is 0.173. The van der Waals surface area contributed by atoms with Gasteiger partial charge in [-0.05, 0) is 61.7 Å². The summed E-state index contributed by atoms with van der Waals surface area (Å²) in [5.74, 6) is 1.12. The van der Waals surface area contributed by atoms with Gasteiger partial charge < -0.3 is 9.64 Å². The maximum Gasteiger partial charge on any atom is 0.573 e. The number of aromatic nitrogens is 3. The van der Waals surface area contributed by atoms with E-state index in [4.69, 9.17) is 11.6 Å². The third kappa shape index (κ3) is 6.48. The van der Waals surface area contributed by atoms with Crippen molar-refractivity contribution in [3.05, 3.63) is 89.2 Å². The number of ether oxygens (including phenoxy) is 1. The van der Waals surface area contributed by atoms with Gasteiger partial charge in [0.15, 0.2) is 11.0 Å². The number of anilines is 1. The maximum atomic E-state index is 12.4. The van der Waals surface area contributed by atoms with Crippen molar-refractivity contribution in [1.82, 2.24) is 14.8 Å². The van der Waals surface area contributed by atoms with Crippen LogP contribution in [0.3, 0.4) is 0 Å². The number of nitrogens with zero attached hydrogens (tertiary/aromatic N) is 6. The van der Waals surface area contributed by atoms with Crippen molar-refractivity contribution >= 4 is 40.4 Å². The predicted octanol–water partition coefficient (Wildman–Crippen LogP) is 7.52. The predicted molar refractivity (Wildman–Crippen MR) is 154 cm³/mol. The van der Waals surface area contributed by atoms with Gasteiger partial charge in [0.25, 0.3) is 0 Å². The summed E-state index contributed by atoms with van der Waals surface area (Å²) < 4.78 is 42.5. The van der Waals surface area contributed by atoms with Crippen molar-refractivity contribution in [2.24, 2.45) is 10.2 Å². The number of alkyl halides is 3. The summed E-state index contributed by atoms with van der Waals surface area (Å²) in [6.07, 6.45) is -0.545. The van der Waals surface area contributed by atoms with Gasteiger partial charge in [-0.3, -0.25) is 0 Å². The van der Waals surface area contributed by atoms with Crippen LogP contribution in [0, 0.1) is 6.92 Å². The molecule has 0 radical (unpaired) electrons. The molecule has 1 atom stereocenters. The third-order valence-corrected chi connectivity index (χ3v) is 7.47. The highest BCUT2D eigenvalue weighted by molar-refractivity contribution is 8.14. The Bertz CT molecular complexity index is 1520. The first-order valence-corrected chi connectivity index (χ1v) is 13.7. The molecule has 1 aromatic heterocycles. The van der Waals surface area contributed by atoms with E-state index >= 15 is 0 Å². The number of thioether (sulfide) groups is 1. The van der Waals surface area contributed by atoms with Crippen LogP contribution in [-0.2, 0) is 0 Å². The topological polar surface area (TPSA) is 67.9 Å². The maximum absolute atomic E-state index is 12.4. The highest BCUT2D eigenvalue weighted by Gasteiger charge is 2.31. The molecule has 206 valence electrons. The fourth-order valence-corrected chi connectivity index (χ4v) is 5.68. The minimum atomic E-state index is -4.74. The third-order valence-electron chi connectivity index (χ3n) is 6.19. The lowest BCUT2D eigenvalue weighted by Crippen LogP contribution is -2.41. The highest BCUT2D eigenvalue weighted by atomic mass is 35.5. The van der Waals surface area contributed by atoms with E-state index in [-0.39, 0.29) is 11.8 Å². The van der Waals surface area contributed by atoms with Crippen LogP contribution in [0.15, 0.2) is 83.3 Å². The van der Waals surface area contributed by atoms with E-state index in [2.05, 4.69) is 36.8 Å². The standard InChI is InChI=1S/C28H24ClF3N6OS/c1-18-4-3-5-24(29)25(18)38-19(2)14-15-40-27(38)35-34-16-20-6-8-21(9-7-20)26-33-17-37(36-26)22-10-12-23(13-11-22)39-28(30,31)32/h3-13,16-17,19H,14-15H2,1-2H3. The molecule has 12 heteroatoms. The Morgan fingerprint density at radius 1 is 1.07 bits per heavy atom. The first-order chi connectivity index (χ1) is 19.2. The Kier molecular flexibility index (Phi) is 8.13. The molecule has 4 aromatic rings. The molecular weight excluding hydrogens is 561 g/mol. The molecule has 0 spiro atoms. The average molecular weight is 585 g/mol. The molecule has 2 heterocycles. The van der Waals surface area contributed by atoms with Gasteiger partial charge in [-0.25, -0.2) is 9.67 Å². The van der Waals surface area contributed by atoms with Gasteiger partial charge in [0.05, 0.1) is 22.6 Å². The Morgan fingerprint density at radius 3 is 2.52 bits per heavy atom. The SMILES string of the molecule is Cc1cccc(Cl)c1N1C(=NN=Cc2ccc(-c3ncn(-c4ccc(OC(F)(F)F)cc4)n3)cc2)SCCC1C. The molecule has 0 aliphatic carbocycles. The summed E-state index contributed by atoms with van der Waals surface area (Å²) in [6.45, 7) is 4.20. The zero-order valence-corrected chi connectivity index (χ0v) is 23.1. The van der Waals surface area contributed by atoms with Gasteiger partial charge in [-0.1, -0.05) is 59.8 Å². The van der Waals surface area contributed by atoms with E-state index in [0.29, 0.717) is 16.5 Å². The minimum absolute atomic E-state index is 0.242. The average Bonchev–Trinajstić information content (AvgIpc) is 3.40. The Labute approximate surface area is 238 Å². The fourth-order valence-electron chi connectivity index (χ4n) is 4.21. The number of rotatable bonds is 6. The van der Waals surface area contributed by atoms with E-state index in [1.165, 1.54) is 35.3 Å². The first kappa shape index (κ1) is 27.7. The number of hydrogen-bond donors (Lipinski definition) is 0. The van der Waals surface area contributed by atoms with Crippen LogP contribution in [0.25, 0.3) is 17.1 Å². The molecule has 0 saturated carbocycles. The normalized spacial score (nSPS) is 17.1. The molecule has 0 N–H and O–H groups in total. The minimum Gasteiger partial charge on any atom is -0.406 e. The summed E-state index contributed by atoms with van der Waals surface area (Å²) in [5.41, 5.74) is 4.21. The molecule has 0 amide bonds. The van der Waals surface area contributed by atoms with Gasteiger partial charge in [0.2, 0.25) is 0 Å². The van der Waals surface area contributed by atoms with Crippen LogP contribution in [0.2, 0.25) is 5.02 Å². The molecule has 0 bridgehead atoms. The van der Waals surface area contributed by atoms with E-state index in [0.717, 1.165) is 39.7 Å². The Hall–Kier alpha value is -3.83. The smallest absolute Gasteiger partial charge is 0.406 e. The Balaban J connectivity index is 1.28. The van der Waals surface area contributed by atoms with E-state index in [1.807, 2.05) is 49.4 Å². The summed E-state index contributed by atoms with van der Waals surface area (Å²) in [4.78, 5) is 6.48. The molecule has 1 unspecified atom stereocenters. The van der Waals surface area contributed by atoms with Gasteiger partial charge in [0, 0.05) is 17.4 Å². The zero-order valence-electron chi connectivity index (χ0n) is 21.5. The second kappa shape index (κ2) is 11.7.